The molecule has 0 bridgehead atoms. The Kier molecular flexibility index (Phi) is 5.91. The second kappa shape index (κ2) is 7.70. The number of amides is 1. The lowest BCUT2D eigenvalue weighted by molar-refractivity contribution is -0.137. The molecule has 1 heterocycles. The van der Waals surface area contributed by atoms with Gasteiger partial charge in [-0.05, 0) is 30.4 Å². The van der Waals surface area contributed by atoms with Crippen LogP contribution in [0.15, 0.2) is 18.2 Å². The van der Waals surface area contributed by atoms with Gasteiger partial charge < -0.3 is 15.2 Å². The number of halogens is 1. The lowest BCUT2D eigenvalue weighted by atomic mass is 9.87. The summed E-state index contributed by atoms with van der Waals surface area (Å²) < 4.78 is 19.3. The Morgan fingerprint density at radius 2 is 2.27 bits per heavy atom. The molecule has 5 heteroatoms. The van der Waals surface area contributed by atoms with E-state index in [4.69, 9.17) is 9.84 Å². The third-order valence-corrected chi connectivity index (χ3v) is 4.11. The van der Waals surface area contributed by atoms with Crippen molar-refractivity contribution >= 4 is 5.91 Å². The molecule has 2 unspecified atom stereocenters. The zero-order valence-corrected chi connectivity index (χ0v) is 13.1. The minimum absolute atomic E-state index is 0.0370. The van der Waals surface area contributed by atoms with Crippen LogP contribution in [-0.2, 0) is 22.7 Å². The fraction of sp³-hybridized carbons (Fsp3) is 0.588. The zero-order valence-electron chi connectivity index (χ0n) is 13.1. The van der Waals surface area contributed by atoms with E-state index in [1.54, 1.807) is 6.07 Å². The van der Waals surface area contributed by atoms with Gasteiger partial charge >= 0.3 is 0 Å². The summed E-state index contributed by atoms with van der Waals surface area (Å²) in [5.74, 6) is -0.340. The quantitative estimate of drug-likeness (QED) is 0.878. The van der Waals surface area contributed by atoms with Crippen LogP contribution in [0.2, 0.25) is 0 Å². The highest BCUT2D eigenvalue weighted by molar-refractivity contribution is 5.79. The molecule has 0 radical (unpaired) electrons. The first-order valence-electron chi connectivity index (χ1n) is 7.80. The predicted octanol–water partition coefficient (Wildman–Crippen LogP) is 2.39. The fourth-order valence-corrected chi connectivity index (χ4v) is 2.89. The number of hydrogen-bond donors (Lipinski definition) is 2. The molecule has 1 aliphatic rings. The topological polar surface area (TPSA) is 58.6 Å². The number of nitrogens with one attached hydrogen (secondary N) is 1. The molecule has 2 N–H and O–H groups in total. The molecule has 1 fully saturated rings. The Hall–Kier alpha value is -1.46. The van der Waals surface area contributed by atoms with Crippen LogP contribution in [0.4, 0.5) is 4.39 Å². The van der Waals surface area contributed by atoms with Gasteiger partial charge in [-0.2, -0.15) is 0 Å². The van der Waals surface area contributed by atoms with Crippen LogP contribution in [0, 0.1) is 17.7 Å². The number of carbonyl (C=O) groups excluding carboxylic acids is 1. The van der Waals surface area contributed by atoms with E-state index in [0.717, 1.165) is 12.8 Å². The molecule has 4 nitrogen and oxygen atoms in total. The smallest absolute Gasteiger partial charge is 0.226 e. The summed E-state index contributed by atoms with van der Waals surface area (Å²) in [4.78, 5) is 12.4. The highest BCUT2D eigenvalue weighted by Crippen LogP contribution is 2.26. The summed E-state index contributed by atoms with van der Waals surface area (Å²) in [6.07, 6.45) is 1.66. The summed E-state index contributed by atoms with van der Waals surface area (Å²) >= 11 is 0. The maximum Gasteiger partial charge on any atom is 0.226 e. The predicted molar refractivity (Wildman–Crippen MR) is 81.5 cm³/mol. The number of ether oxygens (including phenoxy) is 1. The van der Waals surface area contributed by atoms with Crippen LogP contribution in [0.5, 0.6) is 0 Å². The molecule has 122 valence electrons. The summed E-state index contributed by atoms with van der Waals surface area (Å²) in [6, 6.07) is 4.60. The highest BCUT2D eigenvalue weighted by Gasteiger charge is 2.33. The van der Waals surface area contributed by atoms with Gasteiger partial charge in [-0.25, -0.2) is 4.39 Å². The van der Waals surface area contributed by atoms with E-state index in [0.29, 0.717) is 12.2 Å². The first-order valence-corrected chi connectivity index (χ1v) is 7.80. The number of aliphatic hydroxyl groups excluding tert-OH is 1. The molecule has 22 heavy (non-hydrogen) atoms. The lowest BCUT2D eigenvalue weighted by Gasteiger charge is -2.33. The van der Waals surface area contributed by atoms with Crippen molar-refractivity contribution in [1.82, 2.24) is 5.32 Å². The minimum Gasteiger partial charge on any atom is -0.392 e. The van der Waals surface area contributed by atoms with E-state index >= 15 is 0 Å². The van der Waals surface area contributed by atoms with Crippen molar-refractivity contribution < 1.29 is 19.0 Å². The van der Waals surface area contributed by atoms with Gasteiger partial charge in [0, 0.05) is 18.7 Å². The first kappa shape index (κ1) is 16.9. The van der Waals surface area contributed by atoms with Crippen molar-refractivity contribution in [3.8, 4) is 0 Å². The Morgan fingerprint density at radius 3 is 2.91 bits per heavy atom. The molecule has 2 atom stereocenters. The largest absolute Gasteiger partial charge is 0.392 e. The summed E-state index contributed by atoms with van der Waals surface area (Å²) in [5.41, 5.74) is 0.941. The average molecular weight is 309 g/mol. The van der Waals surface area contributed by atoms with E-state index in [1.807, 2.05) is 0 Å². The van der Waals surface area contributed by atoms with Crippen LogP contribution >= 0.6 is 0 Å². The Morgan fingerprint density at radius 1 is 1.50 bits per heavy atom. The molecule has 1 aliphatic heterocycles. The summed E-state index contributed by atoms with van der Waals surface area (Å²) in [7, 11) is 0. The lowest BCUT2D eigenvalue weighted by Crippen LogP contribution is -2.43. The second-order valence-corrected chi connectivity index (χ2v) is 6.13. The molecule has 0 aliphatic carbocycles. The molecule has 0 aromatic heterocycles. The van der Waals surface area contributed by atoms with Gasteiger partial charge in [-0.3, -0.25) is 4.79 Å². The standard InChI is InChI=1S/C17H24FNO3/c1-11(2)16-14(4-3-7-22-16)17(21)19-9-12-5-6-13(10-20)15(18)8-12/h5-6,8,11,14,16,20H,3-4,7,9-10H2,1-2H3,(H,19,21). The molecule has 2 rings (SSSR count). The minimum atomic E-state index is -0.449. The van der Waals surface area contributed by atoms with Gasteiger partial charge in [0.15, 0.2) is 0 Å². The van der Waals surface area contributed by atoms with Crippen LogP contribution < -0.4 is 5.32 Å². The van der Waals surface area contributed by atoms with Gasteiger partial charge in [0.05, 0.1) is 18.6 Å². The molecule has 1 amide bonds. The normalized spacial score (nSPS) is 21.9. The van der Waals surface area contributed by atoms with Crippen molar-refractivity contribution in [2.24, 2.45) is 11.8 Å². The van der Waals surface area contributed by atoms with Crippen LogP contribution in [0.3, 0.4) is 0 Å². The molecule has 0 saturated carbocycles. The van der Waals surface area contributed by atoms with Crippen LogP contribution in [0.25, 0.3) is 0 Å². The number of rotatable bonds is 5. The van der Waals surface area contributed by atoms with Crippen molar-refractivity contribution in [3.05, 3.63) is 35.1 Å². The maximum absolute atomic E-state index is 13.6. The molecule has 1 saturated heterocycles. The zero-order chi connectivity index (χ0) is 16.1. The van der Waals surface area contributed by atoms with Crippen molar-refractivity contribution in [2.45, 2.75) is 45.9 Å². The Bertz CT molecular complexity index is 519. The molecule has 1 aromatic carbocycles. The molecular weight excluding hydrogens is 285 g/mol. The fourth-order valence-electron chi connectivity index (χ4n) is 2.89. The molecular formula is C17H24FNO3. The van der Waals surface area contributed by atoms with Gasteiger partial charge in [-0.15, -0.1) is 0 Å². The van der Waals surface area contributed by atoms with E-state index in [9.17, 15) is 9.18 Å². The Labute approximate surface area is 130 Å². The average Bonchev–Trinajstić information content (AvgIpc) is 2.52. The summed E-state index contributed by atoms with van der Waals surface area (Å²) in [5, 5.41) is 11.8. The highest BCUT2D eigenvalue weighted by atomic mass is 19.1. The number of hydrogen-bond acceptors (Lipinski definition) is 3. The van der Waals surface area contributed by atoms with Gasteiger partial charge in [0.1, 0.15) is 5.82 Å². The SMILES string of the molecule is CC(C)C1OCCCC1C(=O)NCc1ccc(CO)c(F)c1. The number of aliphatic hydroxyl groups is 1. The van der Waals surface area contributed by atoms with Crippen molar-refractivity contribution in [3.63, 3.8) is 0 Å². The van der Waals surface area contributed by atoms with Gasteiger partial charge in [-0.1, -0.05) is 26.0 Å². The van der Waals surface area contributed by atoms with Crippen molar-refractivity contribution in [1.29, 1.82) is 0 Å². The van der Waals surface area contributed by atoms with Crippen LogP contribution in [-0.4, -0.2) is 23.7 Å². The van der Waals surface area contributed by atoms with Crippen LogP contribution in [0.1, 0.15) is 37.8 Å². The maximum atomic E-state index is 13.6. The summed E-state index contributed by atoms with van der Waals surface area (Å²) in [6.45, 7) is 4.77. The molecule has 1 aromatic rings. The second-order valence-electron chi connectivity index (χ2n) is 6.13. The van der Waals surface area contributed by atoms with E-state index in [-0.39, 0.29) is 42.6 Å². The van der Waals surface area contributed by atoms with E-state index in [1.165, 1.54) is 12.1 Å². The van der Waals surface area contributed by atoms with Gasteiger partial charge in [0.2, 0.25) is 5.91 Å². The van der Waals surface area contributed by atoms with E-state index in [2.05, 4.69) is 19.2 Å². The Balaban J connectivity index is 1.95. The first-order chi connectivity index (χ1) is 10.5. The van der Waals surface area contributed by atoms with E-state index < -0.39 is 5.82 Å². The van der Waals surface area contributed by atoms with Crippen molar-refractivity contribution in [2.75, 3.05) is 6.61 Å². The monoisotopic (exact) mass is 309 g/mol. The third kappa shape index (κ3) is 4.05. The number of carbonyl (C=O) groups is 1. The third-order valence-electron chi connectivity index (χ3n) is 4.11. The molecule has 0 spiro atoms. The van der Waals surface area contributed by atoms with Gasteiger partial charge in [0.25, 0.3) is 0 Å². The number of benzene rings is 1.